The van der Waals surface area contributed by atoms with Crippen molar-refractivity contribution < 1.29 is 33.0 Å². The zero-order valence-corrected chi connectivity index (χ0v) is 22.1. The number of hydrogen-bond acceptors (Lipinski definition) is 10. The fourth-order valence-corrected chi connectivity index (χ4v) is 6.07. The standard InChI is InChI=1S/C25H32N5O7P/c1-16(24(32)35-17-9-6-10-17)29-38(33,37-18-7-4-3-5-8-18)34-14-19-13-22(31)25(2,36-19)21-12-11-20-23(26)27-15-28-30(20)21/h3-5,7-8,11-12,15-17,19,22,31H,6,9-10,13-14H2,1-2H3,(H,29,33)(H2,26,27,28)/t16-,19-,22+,25-,38?/m0/s1. The van der Waals surface area contributed by atoms with Gasteiger partial charge >= 0.3 is 13.7 Å². The summed E-state index contributed by atoms with van der Waals surface area (Å²) in [6.45, 7) is 3.12. The molecule has 0 amide bonds. The summed E-state index contributed by atoms with van der Waals surface area (Å²) in [7, 11) is -4.06. The molecule has 0 spiro atoms. The Bertz CT molecular complexity index is 1330. The minimum Gasteiger partial charge on any atom is -0.461 e. The molecule has 5 rings (SSSR count). The number of carbonyl (C=O) groups is 1. The van der Waals surface area contributed by atoms with Gasteiger partial charge in [0.2, 0.25) is 0 Å². The van der Waals surface area contributed by atoms with Crippen LogP contribution in [0.4, 0.5) is 5.82 Å². The van der Waals surface area contributed by atoms with Gasteiger partial charge < -0.3 is 24.8 Å². The average molecular weight is 546 g/mol. The molecule has 0 radical (unpaired) electrons. The number of ether oxygens (including phenoxy) is 2. The zero-order valence-electron chi connectivity index (χ0n) is 21.2. The molecule has 1 aliphatic heterocycles. The van der Waals surface area contributed by atoms with Crippen LogP contribution in [0.3, 0.4) is 0 Å². The van der Waals surface area contributed by atoms with E-state index < -0.39 is 37.6 Å². The predicted molar refractivity (Wildman–Crippen MR) is 137 cm³/mol. The van der Waals surface area contributed by atoms with Crippen molar-refractivity contribution in [3.8, 4) is 5.75 Å². The van der Waals surface area contributed by atoms with Crippen LogP contribution in [0.25, 0.3) is 5.52 Å². The topological polar surface area (TPSA) is 160 Å². The van der Waals surface area contributed by atoms with Crippen molar-refractivity contribution in [1.29, 1.82) is 0 Å². The molecule has 3 heterocycles. The summed E-state index contributed by atoms with van der Waals surface area (Å²) in [5, 5.41) is 17.9. The number of nitrogen functional groups attached to an aromatic ring is 1. The first-order valence-corrected chi connectivity index (χ1v) is 14.1. The van der Waals surface area contributed by atoms with E-state index in [0.717, 1.165) is 19.3 Å². The van der Waals surface area contributed by atoms with Crippen LogP contribution in [-0.4, -0.2) is 56.6 Å². The lowest BCUT2D eigenvalue weighted by Crippen LogP contribution is -2.39. The Morgan fingerprint density at radius 2 is 2.08 bits per heavy atom. The summed E-state index contributed by atoms with van der Waals surface area (Å²) in [5.41, 5.74) is 5.99. The molecule has 1 saturated carbocycles. The number of nitrogens with one attached hydrogen (secondary N) is 1. The maximum absolute atomic E-state index is 13.8. The second-order valence-electron chi connectivity index (χ2n) is 9.80. The lowest BCUT2D eigenvalue weighted by molar-refractivity contribution is -0.154. The van der Waals surface area contributed by atoms with E-state index in [1.807, 2.05) is 0 Å². The molecule has 1 aromatic carbocycles. The Balaban J connectivity index is 1.29. The van der Waals surface area contributed by atoms with E-state index in [2.05, 4.69) is 15.2 Å². The number of rotatable bonds is 10. The number of para-hydroxylation sites is 1. The minimum absolute atomic E-state index is 0.112. The Hall–Kier alpha value is -3.02. The summed E-state index contributed by atoms with van der Waals surface area (Å²) in [6.07, 6.45) is 2.54. The van der Waals surface area contributed by atoms with Gasteiger partial charge in [-0.2, -0.15) is 10.2 Å². The highest BCUT2D eigenvalue weighted by Gasteiger charge is 2.48. The molecule has 3 aromatic rings. The maximum Gasteiger partial charge on any atom is 0.459 e. The third-order valence-electron chi connectivity index (χ3n) is 6.96. The van der Waals surface area contributed by atoms with E-state index in [1.165, 1.54) is 6.33 Å². The lowest BCUT2D eigenvalue weighted by atomic mass is 9.95. The molecule has 38 heavy (non-hydrogen) atoms. The second-order valence-corrected chi connectivity index (χ2v) is 11.5. The fraction of sp³-hybridized carbons (Fsp3) is 0.480. The van der Waals surface area contributed by atoms with E-state index in [4.69, 9.17) is 24.3 Å². The average Bonchev–Trinajstić information content (AvgIpc) is 3.43. The number of hydrogen-bond donors (Lipinski definition) is 3. The Morgan fingerprint density at radius 1 is 1.32 bits per heavy atom. The quantitative estimate of drug-likeness (QED) is 0.254. The van der Waals surface area contributed by atoms with Crippen molar-refractivity contribution in [1.82, 2.24) is 19.7 Å². The molecule has 2 aromatic heterocycles. The SMILES string of the molecule is C[C@H](NP(=O)(OC[C@@H]1C[C@@H](O)[C@](C)(c2ccc3c(N)ncnn23)O1)Oc1ccccc1)C(=O)OC1CCC1. The van der Waals surface area contributed by atoms with Gasteiger partial charge in [0.1, 0.15) is 35.3 Å². The molecule has 4 N–H and O–H groups in total. The number of fused-ring (bicyclic) bond motifs is 1. The first kappa shape index (κ1) is 26.6. The van der Waals surface area contributed by atoms with Gasteiger partial charge in [0.05, 0.1) is 24.5 Å². The molecule has 0 bridgehead atoms. The van der Waals surface area contributed by atoms with Crippen LogP contribution >= 0.6 is 7.75 Å². The monoisotopic (exact) mass is 545 g/mol. The summed E-state index contributed by atoms with van der Waals surface area (Å²) >= 11 is 0. The van der Waals surface area contributed by atoms with Crippen LogP contribution in [0.2, 0.25) is 0 Å². The summed E-state index contributed by atoms with van der Waals surface area (Å²) < 4.78 is 38.5. The fourth-order valence-electron chi connectivity index (χ4n) is 4.54. The number of aromatic nitrogens is 3. The molecule has 1 unspecified atom stereocenters. The minimum atomic E-state index is -4.06. The summed E-state index contributed by atoms with van der Waals surface area (Å²) in [4.78, 5) is 16.5. The highest BCUT2D eigenvalue weighted by Crippen LogP contribution is 2.47. The highest BCUT2D eigenvalue weighted by molar-refractivity contribution is 7.52. The van der Waals surface area contributed by atoms with Crippen molar-refractivity contribution >= 4 is 25.1 Å². The van der Waals surface area contributed by atoms with Crippen LogP contribution in [0, 0.1) is 0 Å². The van der Waals surface area contributed by atoms with E-state index >= 15 is 0 Å². The van der Waals surface area contributed by atoms with Crippen molar-refractivity contribution in [2.75, 3.05) is 12.3 Å². The molecule has 1 saturated heterocycles. The van der Waals surface area contributed by atoms with Crippen molar-refractivity contribution in [2.45, 2.75) is 69.5 Å². The number of aliphatic hydroxyl groups excluding tert-OH is 1. The predicted octanol–water partition coefficient (Wildman–Crippen LogP) is 2.95. The summed E-state index contributed by atoms with van der Waals surface area (Å²) in [5.74, 6) is 0.0750. The van der Waals surface area contributed by atoms with E-state index in [0.29, 0.717) is 22.8 Å². The van der Waals surface area contributed by atoms with Gasteiger partial charge in [-0.05, 0) is 57.4 Å². The molecule has 1 aliphatic carbocycles. The number of anilines is 1. The van der Waals surface area contributed by atoms with Crippen molar-refractivity contribution in [3.63, 3.8) is 0 Å². The Morgan fingerprint density at radius 3 is 2.79 bits per heavy atom. The van der Waals surface area contributed by atoms with E-state index in [-0.39, 0.29) is 19.1 Å². The van der Waals surface area contributed by atoms with Crippen LogP contribution < -0.4 is 15.3 Å². The zero-order chi connectivity index (χ0) is 26.9. The number of carbonyl (C=O) groups excluding carboxylic acids is 1. The van der Waals surface area contributed by atoms with E-state index in [9.17, 15) is 14.5 Å². The normalized spacial score (nSPS) is 26.0. The smallest absolute Gasteiger partial charge is 0.459 e. The van der Waals surface area contributed by atoms with Gasteiger partial charge in [-0.3, -0.25) is 9.32 Å². The third kappa shape index (κ3) is 5.41. The van der Waals surface area contributed by atoms with Crippen LogP contribution in [0.5, 0.6) is 5.75 Å². The lowest BCUT2D eigenvalue weighted by Gasteiger charge is -2.29. The van der Waals surface area contributed by atoms with Crippen molar-refractivity contribution in [2.24, 2.45) is 0 Å². The second kappa shape index (κ2) is 10.6. The van der Waals surface area contributed by atoms with E-state index in [1.54, 1.807) is 60.8 Å². The van der Waals surface area contributed by atoms with Gasteiger partial charge in [0.25, 0.3) is 0 Å². The first-order valence-electron chi connectivity index (χ1n) is 12.6. The van der Waals surface area contributed by atoms with Crippen LogP contribution in [0.1, 0.15) is 45.2 Å². The number of nitrogens with two attached hydrogens (primary N) is 1. The van der Waals surface area contributed by atoms with Gasteiger partial charge in [-0.1, -0.05) is 18.2 Å². The highest BCUT2D eigenvalue weighted by atomic mass is 31.2. The largest absolute Gasteiger partial charge is 0.461 e. The molecule has 2 aliphatic rings. The number of nitrogens with zero attached hydrogens (tertiary/aromatic N) is 3. The Kier molecular flexibility index (Phi) is 7.43. The first-order chi connectivity index (χ1) is 18.2. The van der Waals surface area contributed by atoms with Crippen LogP contribution in [0.15, 0.2) is 48.8 Å². The molecule has 2 fully saturated rings. The van der Waals surface area contributed by atoms with Gasteiger partial charge in [-0.15, -0.1) is 0 Å². The third-order valence-corrected chi connectivity index (χ3v) is 8.61. The van der Waals surface area contributed by atoms with Gasteiger partial charge in [0, 0.05) is 6.42 Å². The maximum atomic E-state index is 13.8. The molecular formula is C25H32N5O7P. The molecule has 204 valence electrons. The number of benzene rings is 1. The summed E-state index contributed by atoms with van der Waals surface area (Å²) in [6, 6.07) is 11.1. The molecule has 12 nitrogen and oxygen atoms in total. The number of esters is 1. The van der Waals surface area contributed by atoms with Gasteiger partial charge in [-0.25, -0.2) is 14.1 Å². The molecule has 13 heteroatoms. The molecule has 5 atom stereocenters. The number of aliphatic hydroxyl groups is 1. The van der Waals surface area contributed by atoms with Crippen LogP contribution in [-0.2, 0) is 29.0 Å². The Labute approximate surface area is 220 Å². The molecular weight excluding hydrogens is 513 g/mol. The van der Waals surface area contributed by atoms with Gasteiger partial charge in [0.15, 0.2) is 5.82 Å². The van der Waals surface area contributed by atoms with Crippen molar-refractivity contribution in [3.05, 3.63) is 54.5 Å².